The molecule has 0 radical (unpaired) electrons. The van der Waals surface area contributed by atoms with Crippen molar-refractivity contribution in [2.75, 3.05) is 5.32 Å². The summed E-state index contributed by atoms with van der Waals surface area (Å²) in [6, 6.07) is 11.9. The summed E-state index contributed by atoms with van der Waals surface area (Å²) in [6.07, 6.45) is 0. The van der Waals surface area contributed by atoms with Crippen LogP contribution in [-0.4, -0.2) is 5.91 Å². The van der Waals surface area contributed by atoms with Crippen LogP contribution < -0.4 is 11.1 Å². The van der Waals surface area contributed by atoms with Crippen molar-refractivity contribution in [2.24, 2.45) is 5.73 Å². The minimum Gasteiger partial charge on any atom is -0.324 e. The Kier molecular flexibility index (Phi) is 4.15. The Morgan fingerprint density at radius 3 is 2.45 bits per heavy atom. The summed E-state index contributed by atoms with van der Waals surface area (Å²) in [5.41, 5.74) is 7.84. The molecule has 2 aromatic rings. The average Bonchev–Trinajstić information content (AvgIpc) is 2.42. The van der Waals surface area contributed by atoms with Crippen LogP contribution in [0.2, 0.25) is 0 Å². The summed E-state index contributed by atoms with van der Waals surface area (Å²) >= 11 is 0. The van der Waals surface area contributed by atoms with E-state index in [1.54, 1.807) is 31.2 Å². The Labute approximate surface area is 117 Å². The summed E-state index contributed by atoms with van der Waals surface area (Å²) in [5.74, 6) is -0.947. The smallest absolute Gasteiger partial charge is 0.258 e. The maximum Gasteiger partial charge on any atom is 0.258 e. The number of halogens is 1. The van der Waals surface area contributed by atoms with Crippen LogP contribution in [0, 0.1) is 12.7 Å². The molecule has 3 nitrogen and oxygen atoms in total. The number of nitrogens with two attached hydrogens (primary N) is 1. The number of amides is 1. The van der Waals surface area contributed by atoms with Crippen molar-refractivity contribution < 1.29 is 9.18 Å². The first-order valence-electron chi connectivity index (χ1n) is 6.41. The van der Waals surface area contributed by atoms with Gasteiger partial charge in [0.15, 0.2) is 0 Å². The first kappa shape index (κ1) is 14.2. The van der Waals surface area contributed by atoms with Crippen LogP contribution in [0.5, 0.6) is 0 Å². The largest absolute Gasteiger partial charge is 0.324 e. The van der Waals surface area contributed by atoms with Gasteiger partial charge >= 0.3 is 0 Å². The second kappa shape index (κ2) is 5.84. The van der Waals surface area contributed by atoms with Crippen LogP contribution in [-0.2, 0) is 0 Å². The average molecular weight is 272 g/mol. The highest BCUT2D eigenvalue weighted by Gasteiger charge is 2.13. The number of hydrogen-bond donors (Lipinski definition) is 2. The predicted octanol–water partition coefficient (Wildman–Crippen LogP) is 3.41. The van der Waals surface area contributed by atoms with Gasteiger partial charge in [0.05, 0.1) is 5.56 Å². The molecule has 0 aliphatic carbocycles. The number of aryl methyl sites for hydroxylation is 1. The molecule has 20 heavy (non-hydrogen) atoms. The van der Waals surface area contributed by atoms with Crippen molar-refractivity contribution in [2.45, 2.75) is 19.9 Å². The van der Waals surface area contributed by atoms with Gasteiger partial charge in [-0.25, -0.2) is 4.39 Å². The van der Waals surface area contributed by atoms with Crippen molar-refractivity contribution in [3.8, 4) is 0 Å². The highest BCUT2D eigenvalue weighted by atomic mass is 19.1. The highest BCUT2D eigenvalue weighted by Crippen LogP contribution is 2.17. The molecule has 0 aromatic heterocycles. The molecule has 0 fully saturated rings. The van der Waals surface area contributed by atoms with Gasteiger partial charge in [0.25, 0.3) is 5.91 Å². The first-order valence-corrected chi connectivity index (χ1v) is 6.41. The van der Waals surface area contributed by atoms with Crippen LogP contribution in [0.1, 0.15) is 34.5 Å². The summed E-state index contributed by atoms with van der Waals surface area (Å²) in [7, 11) is 0. The molecule has 0 saturated heterocycles. The molecule has 104 valence electrons. The summed E-state index contributed by atoms with van der Waals surface area (Å²) in [6.45, 7) is 3.51. The zero-order valence-electron chi connectivity index (χ0n) is 11.5. The lowest BCUT2D eigenvalue weighted by molar-refractivity contribution is 0.102. The quantitative estimate of drug-likeness (QED) is 0.899. The van der Waals surface area contributed by atoms with E-state index in [2.05, 4.69) is 5.32 Å². The molecule has 1 atom stereocenters. The topological polar surface area (TPSA) is 55.1 Å². The summed E-state index contributed by atoms with van der Waals surface area (Å²) in [5, 5.41) is 2.67. The van der Waals surface area contributed by atoms with Crippen molar-refractivity contribution in [1.29, 1.82) is 0 Å². The molecule has 0 aliphatic rings. The van der Waals surface area contributed by atoms with E-state index in [1.165, 1.54) is 6.07 Å². The van der Waals surface area contributed by atoms with Gasteiger partial charge < -0.3 is 11.1 Å². The van der Waals surface area contributed by atoms with Crippen molar-refractivity contribution in [1.82, 2.24) is 0 Å². The summed E-state index contributed by atoms with van der Waals surface area (Å²) in [4.78, 5) is 12.0. The van der Waals surface area contributed by atoms with E-state index in [9.17, 15) is 9.18 Å². The first-order chi connectivity index (χ1) is 9.49. The number of carbonyl (C=O) groups is 1. The van der Waals surface area contributed by atoms with Crippen LogP contribution in [0.3, 0.4) is 0 Å². The van der Waals surface area contributed by atoms with Crippen molar-refractivity contribution >= 4 is 11.6 Å². The van der Waals surface area contributed by atoms with Gasteiger partial charge in [0.1, 0.15) is 5.82 Å². The molecule has 0 saturated carbocycles. The molecule has 0 heterocycles. The Morgan fingerprint density at radius 2 is 1.85 bits per heavy atom. The van der Waals surface area contributed by atoms with Crippen LogP contribution in [0.25, 0.3) is 0 Å². The fourth-order valence-corrected chi connectivity index (χ4v) is 1.89. The third-order valence-electron chi connectivity index (χ3n) is 3.13. The number of carbonyl (C=O) groups excluding carboxylic acids is 1. The van der Waals surface area contributed by atoms with Crippen LogP contribution in [0.15, 0.2) is 42.5 Å². The lowest BCUT2D eigenvalue weighted by atomic mass is 10.1. The van der Waals surface area contributed by atoms with E-state index < -0.39 is 11.7 Å². The lowest BCUT2D eigenvalue weighted by Crippen LogP contribution is -2.14. The molecule has 3 N–H and O–H groups in total. The molecule has 0 spiro atoms. The number of nitrogens with one attached hydrogen (secondary N) is 1. The van der Waals surface area contributed by atoms with E-state index >= 15 is 0 Å². The highest BCUT2D eigenvalue weighted by molar-refractivity contribution is 6.04. The molecular formula is C16H17FN2O. The fourth-order valence-electron chi connectivity index (χ4n) is 1.89. The molecular weight excluding hydrogens is 255 g/mol. The Hall–Kier alpha value is -2.20. The molecule has 0 aliphatic heterocycles. The number of hydrogen-bond acceptors (Lipinski definition) is 2. The second-order valence-electron chi connectivity index (χ2n) is 4.80. The van der Waals surface area contributed by atoms with E-state index in [0.717, 1.165) is 5.56 Å². The molecule has 1 amide bonds. The standard InChI is InChI=1S/C16H17FN2O/c1-10-4-3-5-14(15(10)17)16(20)19-13-8-6-12(7-9-13)11(2)18/h3-9,11H,18H2,1-2H3,(H,19,20). The number of rotatable bonds is 3. The molecule has 0 bridgehead atoms. The zero-order chi connectivity index (χ0) is 14.7. The van der Waals surface area contributed by atoms with Crippen molar-refractivity contribution in [3.05, 3.63) is 65.0 Å². The maximum absolute atomic E-state index is 13.8. The second-order valence-corrected chi connectivity index (χ2v) is 4.80. The summed E-state index contributed by atoms with van der Waals surface area (Å²) < 4.78 is 13.8. The van der Waals surface area contributed by atoms with E-state index in [-0.39, 0.29) is 11.6 Å². The minimum atomic E-state index is -0.489. The Bertz CT molecular complexity index is 621. The molecule has 2 aromatic carbocycles. The minimum absolute atomic E-state index is 0.0428. The maximum atomic E-state index is 13.8. The Morgan fingerprint density at radius 1 is 1.20 bits per heavy atom. The van der Waals surface area contributed by atoms with Crippen molar-refractivity contribution in [3.63, 3.8) is 0 Å². The third kappa shape index (κ3) is 3.03. The number of anilines is 1. The van der Waals surface area contributed by atoms with Gasteiger partial charge in [-0.3, -0.25) is 4.79 Å². The zero-order valence-corrected chi connectivity index (χ0v) is 11.5. The van der Waals surface area contributed by atoms with Gasteiger partial charge in [-0.05, 0) is 43.2 Å². The predicted molar refractivity (Wildman–Crippen MR) is 78.1 cm³/mol. The molecule has 4 heteroatoms. The van der Waals surface area contributed by atoms with E-state index in [4.69, 9.17) is 5.73 Å². The van der Waals surface area contributed by atoms with Gasteiger partial charge in [0, 0.05) is 11.7 Å². The van der Waals surface area contributed by atoms with Gasteiger partial charge in [0.2, 0.25) is 0 Å². The normalized spacial score (nSPS) is 12.0. The molecule has 1 unspecified atom stereocenters. The Balaban J connectivity index is 2.17. The SMILES string of the molecule is Cc1cccc(C(=O)Nc2ccc(C(C)N)cc2)c1F. The fraction of sp³-hybridized carbons (Fsp3) is 0.188. The number of benzene rings is 2. The van der Waals surface area contributed by atoms with E-state index in [0.29, 0.717) is 11.3 Å². The monoisotopic (exact) mass is 272 g/mol. The van der Waals surface area contributed by atoms with Gasteiger partial charge in [-0.15, -0.1) is 0 Å². The van der Waals surface area contributed by atoms with Crippen LogP contribution in [0.4, 0.5) is 10.1 Å². The molecule has 2 rings (SSSR count). The third-order valence-corrected chi connectivity index (χ3v) is 3.13. The lowest BCUT2D eigenvalue weighted by Gasteiger charge is -2.09. The van der Waals surface area contributed by atoms with E-state index in [1.807, 2.05) is 19.1 Å². The van der Waals surface area contributed by atoms with Crippen LogP contribution >= 0.6 is 0 Å². The van der Waals surface area contributed by atoms with Gasteiger partial charge in [-0.2, -0.15) is 0 Å². The van der Waals surface area contributed by atoms with Gasteiger partial charge in [-0.1, -0.05) is 24.3 Å².